The molecule has 2 saturated heterocycles. The van der Waals surface area contributed by atoms with Crippen molar-refractivity contribution in [2.75, 3.05) is 23.3 Å². The van der Waals surface area contributed by atoms with Crippen LogP contribution in [-0.4, -0.2) is 30.8 Å². The molecule has 2 aliphatic heterocycles. The topological polar surface area (TPSA) is 78.5 Å². The van der Waals surface area contributed by atoms with Crippen molar-refractivity contribution in [2.24, 2.45) is 11.3 Å². The number of nitrogens with one attached hydrogen (secondary N) is 2. The quantitative estimate of drug-likeness (QED) is 0.824. The molecule has 6 heteroatoms. The van der Waals surface area contributed by atoms with Gasteiger partial charge in [-0.05, 0) is 68.5 Å². The standard InChI is InChI=1S/C19H23N3O3/c1-12-10-13(2-3-15(12)22-16(23)4-5-17(22)24)21-18(25)14-11-19(14)6-8-20-9-7-19/h2-3,10,14,20H,4-9,11H2,1H3,(H,21,25). The van der Waals surface area contributed by atoms with Crippen LogP contribution in [-0.2, 0) is 14.4 Å². The minimum Gasteiger partial charge on any atom is -0.326 e. The van der Waals surface area contributed by atoms with Crippen molar-refractivity contribution in [3.8, 4) is 0 Å². The minimum absolute atomic E-state index is 0.0855. The van der Waals surface area contributed by atoms with E-state index >= 15 is 0 Å². The van der Waals surface area contributed by atoms with Crippen LogP contribution in [0.1, 0.15) is 37.7 Å². The maximum atomic E-state index is 12.6. The van der Waals surface area contributed by atoms with E-state index < -0.39 is 0 Å². The molecule has 2 heterocycles. The second-order valence-corrected chi connectivity index (χ2v) is 7.48. The number of carbonyl (C=O) groups excluding carboxylic acids is 3. The van der Waals surface area contributed by atoms with E-state index in [1.807, 2.05) is 13.0 Å². The second-order valence-electron chi connectivity index (χ2n) is 7.48. The third-order valence-electron chi connectivity index (χ3n) is 5.86. The molecule has 3 aliphatic rings. The molecule has 1 unspecified atom stereocenters. The van der Waals surface area contributed by atoms with Crippen molar-refractivity contribution in [3.63, 3.8) is 0 Å². The molecule has 1 aliphatic carbocycles. The SMILES string of the molecule is Cc1cc(NC(=O)C2CC23CCNCC3)ccc1N1C(=O)CCC1=O. The zero-order valence-electron chi connectivity index (χ0n) is 14.4. The zero-order chi connectivity index (χ0) is 17.6. The van der Waals surface area contributed by atoms with E-state index in [9.17, 15) is 14.4 Å². The zero-order valence-corrected chi connectivity index (χ0v) is 14.4. The van der Waals surface area contributed by atoms with Gasteiger partial charge in [0.1, 0.15) is 0 Å². The first-order valence-corrected chi connectivity index (χ1v) is 8.98. The molecule has 1 atom stereocenters. The summed E-state index contributed by atoms with van der Waals surface area (Å²) in [4.78, 5) is 37.6. The van der Waals surface area contributed by atoms with Crippen LogP contribution in [0.2, 0.25) is 0 Å². The van der Waals surface area contributed by atoms with Crippen LogP contribution in [0.15, 0.2) is 18.2 Å². The Morgan fingerprint density at radius 1 is 1.20 bits per heavy atom. The van der Waals surface area contributed by atoms with Gasteiger partial charge in [0.05, 0.1) is 5.69 Å². The first-order valence-electron chi connectivity index (χ1n) is 8.98. The predicted molar refractivity (Wildman–Crippen MR) is 94.2 cm³/mol. The molecular formula is C19H23N3O3. The molecule has 132 valence electrons. The van der Waals surface area contributed by atoms with E-state index in [1.165, 1.54) is 4.90 Å². The number of nitrogens with zero attached hydrogens (tertiary/aromatic N) is 1. The van der Waals surface area contributed by atoms with Crippen molar-refractivity contribution < 1.29 is 14.4 Å². The van der Waals surface area contributed by atoms with Crippen molar-refractivity contribution in [1.82, 2.24) is 5.32 Å². The number of benzene rings is 1. The van der Waals surface area contributed by atoms with Crippen LogP contribution in [0.25, 0.3) is 0 Å². The molecule has 3 fully saturated rings. The van der Waals surface area contributed by atoms with Gasteiger partial charge >= 0.3 is 0 Å². The fourth-order valence-electron chi connectivity index (χ4n) is 4.25. The van der Waals surface area contributed by atoms with Gasteiger partial charge in [0.25, 0.3) is 0 Å². The third kappa shape index (κ3) is 2.84. The maximum Gasteiger partial charge on any atom is 0.234 e. The van der Waals surface area contributed by atoms with Crippen molar-refractivity contribution in [1.29, 1.82) is 0 Å². The van der Waals surface area contributed by atoms with Crippen LogP contribution in [0.5, 0.6) is 0 Å². The fourth-order valence-corrected chi connectivity index (χ4v) is 4.25. The number of aryl methyl sites for hydroxylation is 1. The molecule has 1 spiro atoms. The first kappa shape index (κ1) is 16.3. The van der Waals surface area contributed by atoms with Gasteiger partial charge in [-0.3, -0.25) is 19.3 Å². The molecule has 6 nitrogen and oxygen atoms in total. The summed E-state index contributed by atoms with van der Waals surface area (Å²) in [7, 11) is 0. The number of piperidine rings is 1. The van der Waals surface area contributed by atoms with Gasteiger partial charge in [-0.2, -0.15) is 0 Å². The highest BCUT2D eigenvalue weighted by Gasteiger charge is 2.57. The van der Waals surface area contributed by atoms with Crippen LogP contribution in [0, 0.1) is 18.3 Å². The summed E-state index contributed by atoms with van der Waals surface area (Å²) in [5.74, 6) is -0.120. The monoisotopic (exact) mass is 341 g/mol. The van der Waals surface area contributed by atoms with Crippen LogP contribution >= 0.6 is 0 Å². The molecule has 0 aromatic heterocycles. The Balaban J connectivity index is 1.45. The van der Waals surface area contributed by atoms with E-state index in [1.54, 1.807) is 12.1 Å². The van der Waals surface area contributed by atoms with Gasteiger partial charge in [0.15, 0.2) is 0 Å². The molecular weight excluding hydrogens is 318 g/mol. The highest BCUT2D eigenvalue weighted by atomic mass is 16.2. The Hall–Kier alpha value is -2.21. The molecule has 1 saturated carbocycles. The number of hydrogen-bond acceptors (Lipinski definition) is 4. The Morgan fingerprint density at radius 2 is 1.88 bits per heavy atom. The molecule has 1 aromatic rings. The van der Waals surface area contributed by atoms with E-state index in [0.29, 0.717) is 5.69 Å². The smallest absolute Gasteiger partial charge is 0.234 e. The highest BCUT2D eigenvalue weighted by molar-refractivity contribution is 6.20. The second kappa shape index (κ2) is 5.95. The third-order valence-corrected chi connectivity index (χ3v) is 5.86. The average Bonchev–Trinajstić information content (AvgIpc) is 3.18. The van der Waals surface area contributed by atoms with E-state index in [4.69, 9.17) is 0 Å². The molecule has 2 N–H and O–H groups in total. The normalized spacial score (nSPS) is 24.7. The van der Waals surface area contributed by atoms with Crippen molar-refractivity contribution >= 4 is 29.1 Å². The molecule has 4 rings (SSSR count). The summed E-state index contributed by atoms with van der Waals surface area (Å²) in [6, 6.07) is 5.36. The van der Waals surface area contributed by atoms with Crippen molar-refractivity contribution in [3.05, 3.63) is 23.8 Å². The summed E-state index contributed by atoms with van der Waals surface area (Å²) in [6.45, 7) is 3.85. The Morgan fingerprint density at radius 3 is 2.52 bits per heavy atom. The molecule has 0 radical (unpaired) electrons. The summed E-state index contributed by atoms with van der Waals surface area (Å²) in [6.07, 6.45) is 3.67. The van der Waals surface area contributed by atoms with Crippen LogP contribution in [0.3, 0.4) is 0 Å². The number of hydrogen-bond donors (Lipinski definition) is 2. The Bertz CT molecular complexity index is 736. The first-order chi connectivity index (χ1) is 12.0. The fraction of sp³-hybridized carbons (Fsp3) is 0.526. The van der Waals surface area contributed by atoms with Gasteiger partial charge in [-0.1, -0.05) is 0 Å². The van der Waals surface area contributed by atoms with Crippen LogP contribution in [0.4, 0.5) is 11.4 Å². The lowest BCUT2D eigenvalue weighted by Crippen LogP contribution is -2.31. The maximum absolute atomic E-state index is 12.6. The lowest BCUT2D eigenvalue weighted by atomic mass is 9.92. The van der Waals surface area contributed by atoms with E-state index in [0.717, 1.165) is 43.6 Å². The van der Waals surface area contributed by atoms with Gasteiger partial charge in [0, 0.05) is 24.4 Å². The van der Waals surface area contributed by atoms with Gasteiger partial charge < -0.3 is 10.6 Å². The highest BCUT2D eigenvalue weighted by Crippen LogP contribution is 2.58. The summed E-state index contributed by atoms with van der Waals surface area (Å²) in [5, 5.41) is 6.35. The van der Waals surface area contributed by atoms with Crippen LogP contribution < -0.4 is 15.5 Å². The summed E-state index contributed by atoms with van der Waals surface area (Å²) < 4.78 is 0. The predicted octanol–water partition coefficient (Wildman–Crippen LogP) is 1.98. The number of carbonyl (C=O) groups is 3. The number of imide groups is 1. The number of anilines is 2. The number of amides is 3. The molecule has 0 bridgehead atoms. The summed E-state index contributed by atoms with van der Waals surface area (Å²) in [5.41, 5.74) is 2.36. The molecule has 3 amide bonds. The summed E-state index contributed by atoms with van der Waals surface area (Å²) >= 11 is 0. The Labute approximate surface area is 147 Å². The lowest BCUT2D eigenvalue weighted by Gasteiger charge is -2.23. The van der Waals surface area contributed by atoms with E-state index in [-0.39, 0.29) is 41.9 Å². The van der Waals surface area contributed by atoms with Gasteiger partial charge in [-0.25, -0.2) is 0 Å². The van der Waals surface area contributed by atoms with Crippen molar-refractivity contribution in [2.45, 2.75) is 39.0 Å². The average molecular weight is 341 g/mol. The number of rotatable bonds is 3. The largest absolute Gasteiger partial charge is 0.326 e. The van der Waals surface area contributed by atoms with Gasteiger partial charge in [-0.15, -0.1) is 0 Å². The van der Waals surface area contributed by atoms with Gasteiger partial charge in [0.2, 0.25) is 17.7 Å². The Kier molecular flexibility index (Phi) is 3.87. The minimum atomic E-state index is -0.157. The molecule has 25 heavy (non-hydrogen) atoms. The lowest BCUT2D eigenvalue weighted by molar-refractivity contribution is -0.121. The van der Waals surface area contributed by atoms with E-state index in [2.05, 4.69) is 10.6 Å². The molecule has 1 aromatic carbocycles.